The van der Waals surface area contributed by atoms with E-state index in [-0.39, 0.29) is 25.4 Å². The molecule has 0 aliphatic carbocycles. The first-order chi connectivity index (χ1) is 20.1. The molecule has 1 fully saturated rings. The van der Waals surface area contributed by atoms with Crippen LogP contribution >= 0.6 is 0 Å². The highest BCUT2D eigenvalue weighted by atomic mass is 19.4. The molecule has 2 unspecified atom stereocenters. The Hall–Kier alpha value is -4.58. The van der Waals surface area contributed by atoms with Gasteiger partial charge in [-0.05, 0) is 85.3 Å². The third-order valence-corrected chi connectivity index (χ3v) is 7.12. The predicted molar refractivity (Wildman–Crippen MR) is 142 cm³/mol. The number of fused-ring (bicyclic) bond motifs is 1. The molecule has 5 rings (SSSR count). The van der Waals surface area contributed by atoms with Gasteiger partial charge in [-0.1, -0.05) is 18.2 Å². The van der Waals surface area contributed by atoms with Gasteiger partial charge in [0.05, 0.1) is 0 Å². The summed E-state index contributed by atoms with van der Waals surface area (Å²) in [6.45, 7) is 0.258. The second kappa shape index (κ2) is 12.1. The Bertz CT molecular complexity index is 1480. The van der Waals surface area contributed by atoms with Crippen LogP contribution in [0.5, 0.6) is 17.2 Å². The lowest BCUT2D eigenvalue weighted by Gasteiger charge is -2.28. The summed E-state index contributed by atoms with van der Waals surface area (Å²) >= 11 is 0. The molecule has 2 heterocycles. The van der Waals surface area contributed by atoms with E-state index in [2.05, 4.69) is 0 Å². The van der Waals surface area contributed by atoms with E-state index < -0.39 is 35.9 Å². The first-order valence-electron chi connectivity index (χ1n) is 13.2. The van der Waals surface area contributed by atoms with Gasteiger partial charge in [0.15, 0.2) is 17.3 Å². The molecule has 2 aliphatic heterocycles. The van der Waals surface area contributed by atoms with Crippen LogP contribution in [0, 0.1) is 0 Å². The smallest absolute Gasteiger partial charge is 0.489 e. The minimum Gasteiger partial charge on any atom is -0.489 e. The number of primary amides is 1. The largest absolute Gasteiger partial charge is 0.492 e. The monoisotopic (exact) mass is 584 g/mol. The van der Waals surface area contributed by atoms with Crippen LogP contribution in [-0.2, 0) is 22.7 Å². The fraction of sp³-hybridized carbons (Fsp3) is 0.300. The number of hydroxylamine groups is 2. The summed E-state index contributed by atoms with van der Waals surface area (Å²) in [5, 5.41) is 0.904. The van der Waals surface area contributed by atoms with Crippen molar-refractivity contribution >= 4 is 17.7 Å². The zero-order valence-electron chi connectivity index (χ0n) is 22.3. The lowest BCUT2D eigenvalue weighted by molar-refractivity contribution is -0.245. The van der Waals surface area contributed by atoms with Crippen molar-refractivity contribution in [2.75, 3.05) is 6.79 Å². The normalized spacial score (nSPS) is 18.1. The van der Waals surface area contributed by atoms with Gasteiger partial charge in [0.2, 0.25) is 12.7 Å². The molecule has 42 heavy (non-hydrogen) atoms. The minimum atomic E-state index is -5.21. The van der Waals surface area contributed by atoms with Gasteiger partial charge in [-0.3, -0.25) is 9.59 Å². The first kappa shape index (κ1) is 28.9. The molecular weight excluding hydrogens is 557 g/mol. The van der Waals surface area contributed by atoms with Crippen LogP contribution in [0.2, 0.25) is 0 Å². The predicted octanol–water partition coefficient (Wildman–Crippen LogP) is 4.76. The molecule has 2 atom stereocenters. The Morgan fingerprint density at radius 3 is 2.40 bits per heavy atom. The summed E-state index contributed by atoms with van der Waals surface area (Å²) in [4.78, 5) is 41.4. The molecule has 2 N–H and O–H groups in total. The summed E-state index contributed by atoms with van der Waals surface area (Å²) in [6.07, 6.45) is -3.84. The molecule has 1 amide bonds. The van der Waals surface area contributed by atoms with Gasteiger partial charge in [0, 0.05) is 17.2 Å². The van der Waals surface area contributed by atoms with Gasteiger partial charge in [-0.15, -0.1) is 5.06 Å². The van der Waals surface area contributed by atoms with Gasteiger partial charge < -0.3 is 24.8 Å². The van der Waals surface area contributed by atoms with E-state index in [0.29, 0.717) is 47.6 Å². The van der Waals surface area contributed by atoms with Crippen molar-refractivity contribution in [1.82, 2.24) is 5.06 Å². The average molecular weight is 585 g/mol. The van der Waals surface area contributed by atoms with Crippen molar-refractivity contribution in [3.63, 3.8) is 0 Å². The number of rotatable bonds is 10. The quantitative estimate of drug-likeness (QED) is 0.339. The maximum absolute atomic E-state index is 13.4. The SMILES string of the molecule is NC(=O)c1cccc(COc2ccc(C(=O)C3CCC(CCc4ccc5c(c4)OCO5)N3OC(=O)C(F)(F)F)cc2)c1. The van der Waals surface area contributed by atoms with Crippen molar-refractivity contribution in [2.45, 2.75) is 50.6 Å². The number of benzene rings is 3. The summed E-state index contributed by atoms with van der Waals surface area (Å²) in [6, 6.07) is 16.5. The molecule has 2 aliphatic rings. The molecule has 3 aromatic rings. The molecule has 0 aromatic heterocycles. The third kappa shape index (κ3) is 6.65. The van der Waals surface area contributed by atoms with Crippen LogP contribution in [0.25, 0.3) is 0 Å². The standard InChI is InChI=1S/C30H27F3N2O7/c31-30(32,33)29(38)42-35-22(8-4-18-5-13-25-26(15-18)41-17-40-25)9-12-24(35)27(36)20-6-10-23(11-7-20)39-16-19-2-1-3-21(14-19)28(34)37/h1-3,5-7,10-11,13-15,22,24H,4,8-9,12,16-17H2,(H2,34,37). The molecule has 3 aromatic carbocycles. The molecule has 9 nitrogen and oxygen atoms in total. The minimum absolute atomic E-state index is 0.115. The second-order valence-electron chi connectivity index (χ2n) is 9.95. The number of carbonyl (C=O) groups excluding carboxylic acids is 3. The molecule has 0 saturated carbocycles. The number of ketones is 1. The maximum Gasteiger partial charge on any atom is 0.492 e. The van der Waals surface area contributed by atoms with E-state index in [1.165, 1.54) is 12.1 Å². The van der Waals surface area contributed by atoms with Gasteiger partial charge in [-0.25, -0.2) is 4.79 Å². The summed E-state index contributed by atoms with van der Waals surface area (Å²) in [7, 11) is 0. The van der Waals surface area contributed by atoms with Crippen LogP contribution in [0.1, 0.15) is 51.1 Å². The van der Waals surface area contributed by atoms with Gasteiger partial charge in [-0.2, -0.15) is 13.2 Å². The van der Waals surface area contributed by atoms with Gasteiger partial charge >= 0.3 is 12.1 Å². The number of hydrogen-bond acceptors (Lipinski definition) is 8. The molecule has 0 radical (unpaired) electrons. The molecule has 1 saturated heterocycles. The van der Waals surface area contributed by atoms with E-state index in [1.54, 1.807) is 48.5 Å². The van der Waals surface area contributed by atoms with E-state index in [9.17, 15) is 27.6 Å². The number of alkyl halides is 3. The zero-order valence-corrected chi connectivity index (χ0v) is 22.3. The maximum atomic E-state index is 13.4. The number of nitrogens with zero attached hydrogens (tertiary/aromatic N) is 1. The number of aryl methyl sites for hydroxylation is 1. The molecule has 0 spiro atoms. The van der Waals surface area contributed by atoms with Crippen LogP contribution in [0.3, 0.4) is 0 Å². The number of ether oxygens (including phenoxy) is 3. The lowest BCUT2D eigenvalue weighted by Crippen LogP contribution is -2.45. The number of amides is 1. The summed E-state index contributed by atoms with van der Waals surface area (Å²) < 4.78 is 55.8. The Labute approximate surface area is 238 Å². The number of Topliss-reactive ketones (excluding diaryl/α,β-unsaturated/α-hetero) is 1. The van der Waals surface area contributed by atoms with E-state index >= 15 is 0 Å². The first-order valence-corrected chi connectivity index (χ1v) is 13.2. The number of nitrogens with two attached hydrogens (primary N) is 1. The Morgan fingerprint density at radius 2 is 1.67 bits per heavy atom. The summed E-state index contributed by atoms with van der Waals surface area (Å²) in [5.74, 6) is -1.78. The van der Waals surface area contributed by atoms with E-state index in [1.807, 2.05) is 6.07 Å². The lowest BCUT2D eigenvalue weighted by atomic mass is 10.0. The molecule has 220 valence electrons. The van der Waals surface area contributed by atoms with Gasteiger partial charge in [0.25, 0.3) is 0 Å². The average Bonchev–Trinajstić information content (AvgIpc) is 3.61. The van der Waals surface area contributed by atoms with E-state index in [4.69, 9.17) is 24.8 Å². The van der Waals surface area contributed by atoms with E-state index in [0.717, 1.165) is 10.6 Å². The fourth-order valence-corrected chi connectivity index (χ4v) is 4.98. The molecular formula is C30H27F3N2O7. The van der Waals surface area contributed by atoms with Crippen LogP contribution < -0.4 is 19.9 Å². The van der Waals surface area contributed by atoms with Crippen molar-refractivity contribution in [3.05, 3.63) is 89.0 Å². The second-order valence-corrected chi connectivity index (χ2v) is 9.95. The number of carbonyl (C=O) groups is 3. The number of halogens is 3. The molecule has 0 bridgehead atoms. The zero-order chi connectivity index (χ0) is 29.9. The van der Waals surface area contributed by atoms with Crippen LogP contribution in [-0.4, -0.2) is 47.8 Å². The van der Waals surface area contributed by atoms with Crippen molar-refractivity contribution in [3.8, 4) is 17.2 Å². The van der Waals surface area contributed by atoms with Crippen molar-refractivity contribution in [1.29, 1.82) is 0 Å². The fourth-order valence-electron chi connectivity index (χ4n) is 4.98. The highest BCUT2D eigenvalue weighted by molar-refractivity contribution is 6.00. The topological polar surface area (TPSA) is 117 Å². The highest BCUT2D eigenvalue weighted by Gasteiger charge is 2.47. The Morgan fingerprint density at radius 1 is 0.905 bits per heavy atom. The Kier molecular flexibility index (Phi) is 8.34. The van der Waals surface area contributed by atoms with Crippen LogP contribution in [0.15, 0.2) is 66.7 Å². The third-order valence-electron chi connectivity index (χ3n) is 7.12. The van der Waals surface area contributed by atoms with Crippen molar-refractivity contribution < 1.29 is 46.6 Å². The number of hydrogen-bond donors (Lipinski definition) is 1. The molecule has 12 heteroatoms. The highest BCUT2D eigenvalue weighted by Crippen LogP contribution is 2.35. The van der Waals surface area contributed by atoms with Crippen LogP contribution in [0.4, 0.5) is 13.2 Å². The van der Waals surface area contributed by atoms with Crippen molar-refractivity contribution in [2.24, 2.45) is 5.73 Å². The van der Waals surface area contributed by atoms with Gasteiger partial charge in [0.1, 0.15) is 18.4 Å². The Balaban J connectivity index is 1.25. The summed E-state index contributed by atoms with van der Waals surface area (Å²) in [5.41, 5.74) is 7.46.